The number of anilines is 1. The number of hydrogen-bond acceptors (Lipinski definition) is 9. The minimum Gasteiger partial charge on any atom is -0.462 e. The molecule has 0 amide bonds. The van der Waals surface area contributed by atoms with E-state index >= 15 is 22.0 Å². The second kappa shape index (κ2) is 15.9. The molecule has 1 saturated carbocycles. The van der Waals surface area contributed by atoms with Crippen LogP contribution in [0.5, 0.6) is 6.01 Å². The van der Waals surface area contributed by atoms with Crippen LogP contribution >= 0.6 is 58.6 Å². The van der Waals surface area contributed by atoms with Gasteiger partial charge in [-0.25, -0.2) is 13.2 Å². The average Bonchev–Trinajstić information content (AvgIpc) is 3.53. The van der Waals surface area contributed by atoms with Crippen molar-refractivity contribution in [2.75, 3.05) is 44.2 Å². The van der Waals surface area contributed by atoms with E-state index in [1.165, 1.54) is 34.3 Å². The van der Waals surface area contributed by atoms with Crippen molar-refractivity contribution in [3.8, 4) is 28.4 Å². The van der Waals surface area contributed by atoms with E-state index in [2.05, 4.69) is 79.6 Å². The summed E-state index contributed by atoms with van der Waals surface area (Å²) in [4.78, 5) is 18.8. The van der Waals surface area contributed by atoms with Gasteiger partial charge in [0.15, 0.2) is 0 Å². The summed E-state index contributed by atoms with van der Waals surface area (Å²) in [7, 11) is 3.24. The maximum Gasteiger partial charge on any atom is 0.417 e. The molecule has 58 heavy (non-hydrogen) atoms. The predicted molar refractivity (Wildman–Crippen MR) is 237 cm³/mol. The van der Waals surface area contributed by atoms with E-state index in [1.54, 1.807) is 22.1 Å². The van der Waals surface area contributed by atoms with Crippen LogP contribution in [0.1, 0.15) is 56.1 Å². The molecule has 10 nitrogen and oxygen atoms in total. The number of aryl methyl sites for hydroxylation is 2. The first-order valence-electron chi connectivity index (χ1n) is 19.4. The fourth-order valence-corrected chi connectivity index (χ4v) is 11.8. The molecule has 1 aliphatic carbocycles. The third-order valence-corrected chi connectivity index (χ3v) is 15.4. The first kappa shape index (κ1) is 41.1. The van der Waals surface area contributed by atoms with E-state index in [1.807, 2.05) is 0 Å². The molecule has 308 valence electrons. The van der Waals surface area contributed by atoms with Crippen LogP contribution in [0.2, 0.25) is 0 Å². The molecule has 4 aliphatic rings. The summed E-state index contributed by atoms with van der Waals surface area (Å²) < 4.78 is 85.6. The number of fused-ring (bicyclic) bond motifs is 6. The number of benzene rings is 1. The zero-order chi connectivity index (χ0) is 40.6. The smallest absolute Gasteiger partial charge is 0.417 e. The van der Waals surface area contributed by atoms with Gasteiger partial charge in [0.05, 0.1) is 45.7 Å². The van der Waals surface area contributed by atoms with Crippen molar-refractivity contribution in [3.05, 3.63) is 35.7 Å². The normalized spacial score (nSPS) is 23.8. The Balaban J connectivity index is 1.11. The SMILES string of the molecule is Cc1cc2c(cnn2PI)c(-c2nccc3c4c(N5CC6CCC(C5)N6)nc(OC[C@]5(CN6CCC(CCC#CSI)CC6)CC5(F)F)nc4n(C)c23)c1C(F)(F)F. The fraction of sp³-hybridized carbons (Fsp3) is 0.538. The van der Waals surface area contributed by atoms with Crippen molar-refractivity contribution < 1.29 is 26.7 Å². The van der Waals surface area contributed by atoms with Gasteiger partial charge in [-0.05, 0) is 112 Å². The molecule has 3 unspecified atom stereocenters. The Kier molecular flexibility index (Phi) is 11.2. The molecule has 0 radical (unpaired) electrons. The fourth-order valence-electron chi connectivity index (χ4n) is 9.60. The molecule has 7 heterocycles. The third kappa shape index (κ3) is 7.42. The Hall–Kier alpha value is -2.31. The van der Waals surface area contributed by atoms with Gasteiger partial charge in [0, 0.05) is 95.3 Å². The van der Waals surface area contributed by atoms with E-state index in [-0.39, 0.29) is 60.9 Å². The molecule has 4 aromatic heterocycles. The van der Waals surface area contributed by atoms with Gasteiger partial charge in [-0.2, -0.15) is 28.2 Å². The Bertz CT molecular complexity index is 2450. The molecule has 2 bridgehead atoms. The largest absolute Gasteiger partial charge is 0.462 e. The summed E-state index contributed by atoms with van der Waals surface area (Å²) in [6.45, 7) is 4.26. The van der Waals surface area contributed by atoms with Crippen molar-refractivity contribution >= 4 is 97.2 Å². The number of halogens is 7. The molecule has 4 fully saturated rings. The first-order valence-corrected chi connectivity index (χ1v) is 26.8. The number of aromatic nitrogens is 6. The molecule has 0 spiro atoms. The van der Waals surface area contributed by atoms with Crippen LogP contribution in [-0.2, 0) is 13.2 Å². The number of rotatable bonds is 10. The summed E-state index contributed by atoms with van der Waals surface area (Å²) in [6.07, 6.45) is 4.04. The van der Waals surface area contributed by atoms with E-state index < -0.39 is 23.1 Å². The molecule has 4 atom stereocenters. The van der Waals surface area contributed by atoms with E-state index in [0.29, 0.717) is 57.7 Å². The average molecular weight is 1060 g/mol. The highest BCUT2D eigenvalue weighted by molar-refractivity contribution is 14.2. The van der Waals surface area contributed by atoms with E-state index in [0.717, 1.165) is 51.6 Å². The molecule has 1 N–H and O–H groups in total. The zero-order valence-corrected chi connectivity index (χ0v) is 37.9. The minimum atomic E-state index is -4.68. The lowest BCUT2D eigenvalue weighted by atomic mass is 9.91. The summed E-state index contributed by atoms with van der Waals surface area (Å²) in [6, 6.07) is 3.79. The second-order valence-electron chi connectivity index (χ2n) is 16.3. The molecular weight excluding hydrogens is 1020 g/mol. The number of nitrogens with one attached hydrogen (secondary N) is 1. The third-order valence-electron chi connectivity index (χ3n) is 12.6. The first-order chi connectivity index (χ1) is 27.8. The van der Waals surface area contributed by atoms with Crippen LogP contribution in [0.15, 0.2) is 24.5 Å². The van der Waals surface area contributed by atoms with Crippen LogP contribution in [0, 0.1) is 29.4 Å². The number of ether oxygens (including phenoxy) is 1. The number of nitrogens with zero attached hydrogens (tertiary/aromatic N) is 8. The van der Waals surface area contributed by atoms with Crippen molar-refractivity contribution in [2.45, 2.75) is 76.1 Å². The van der Waals surface area contributed by atoms with Crippen LogP contribution in [0.3, 0.4) is 0 Å². The van der Waals surface area contributed by atoms with Crippen LogP contribution in [-0.4, -0.2) is 91.3 Å². The highest BCUT2D eigenvalue weighted by Crippen LogP contribution is 2.61. The molecule has 19 heteroatoms. The lowest BCUT2D eigenvalue weighted by Crippen LogP contribution is -2.51. The summed E-state index contributed by atoms with van der Waals surface area (Å²) in [5.74, 6) is 1.41. The number of likely N-dealkylation sites (tertiary alicyclic amines) is 1. The molecule has 3 saturated heterocycles. The number of piperidine rings is 1. The summed E-state index contributed by atoms with van der Waals surface area (Å²) >= 11 is 4.33. The molecule has 9 rings (SSSR count). The molecule has 5 aromatic rings. The second-order valence-corrected chi connectivity index (χ2v) is 20.0. The van der Waals surface area contributed by atoms with Crippen molar-refractivity contribution in [1.29, 1.82) is 0 Å². The van der Waals surface area contributed by atoms with E-state index in [4.69, 9.17) is 14.7 Å². The number of hydrogen-bond donors (Lipinski definition) is 1. The van der Waals surface area contributed by atoms with Gasteiger partial charge in [0.2, 0.25) is 0 Å². The Morgan fingerprint density at radius 2 is 1.84 bits per heavy atom. The Labute approximate surface area is 363 Å². The lowest BCUT2D eigenvalue weighted by molar-refractivity contribution is -0.137. The van der Waals surface area contributed by atoms with Gasteiger partial charge in [0.1, 0.15) is 18.1 Å². The lowest BCUT2D eigenvalue weighted by Gasteiger charge is -2.34. The maximum atomic E-state index is 15.4. The Morgan fingerprint density at radius 3 is 2.52 bits per heavy atom. The van der Waals surface area contributed by atoms with E-state index in [9.17, 15) is 0 Å². The standard InChI is InChI=1S/C39H41F5I2N9OPS/c1-22-15-28-27(16-48-55(28)57-45)29(31(22)39(42,43)44)32-33-26(8-11-47-32)30-34(52(33)2)50-36(51-35(30)54-17-24-6-7-25(18-54)49-24)56-21-37(19-38(37,40)41)20-53-12-9-23(10-13-53)5-3-4-14-58-46/h8,11,15-16,23-25,49,57H,3,5-7,9-10,12-13,17-21H2,1-2H3/t24?,25?,37-/m1/s1. The quantitative estimate of drug-likeness (QED) is 0.0637. The van der Waals surface area contributed by atoms with Gasteiger partial charge in [-0.15, -0.1) is 0 Å². The van der Waals surface area contributed by atoms with Gasteiger partial charge in [-0.1, -0.05) is 5.92 Å². The minimum absolute atomic E-state index is 0.0291. The number of pyridine rings is 1. The van der Waals surface area contributed by atoms with Gasteiger partial charge in [0.25, 0.3) is 5.92 Å². The predicted octanol–water partition coefficient (Wildman–Crippen LogP) is 9.53. The number of piperazine rings is 1. The topological polar surface area (TPSA) is 89.2 Å². The zero-order valence-electron chi connectivity index (χ0n) is 31.8. The Morgan fingerprint density at radius 1 is 1.10 bits per heavy atom. The van der Waals surface area contributed by atoms with Crippen molar-refractivity contribution in [2.24, 2.45) is 18.4 Å². The highest BCUT2D eigenvalue weighted by atomic mass is 127. The van der Waals surface area contributed by atoms with Gasteiger partial charge >= 0.3 is 12.2 Å². The molecule has 1 aromatic carbocycles. The van der Waals surface area contributed by atoms with Crippen LogP contribution in [0.25, 0.3) is 44.1 Å². The van der Waals surface area contributed by atoms with Gasteiger partial charge in [-0.3, -0.25) is 4.98 Å². The molecular formula is C39H41F5I2N9OPS. The summed E-state index contributed by atoms with van der Waals surface area (Å²) in [5, 5.41) is 12.8. The van der Waals surface area contributed by atoms with Gasteiger partial charge < -0.3 is 24.4 Å². The number of alkyl halides is 5. The molecule has 3 aliphatic heterocycles. The maximum absolute atomic E-state index is 15.4. The van der Waals surface area contributed by atoms with Crippen molar-refractivity contribution in [3.63, 3.8) is 0 Å². The van der Waals surface area contributed by atoms with Crippen LogP contribution in [0.4, 0.5) is 27.8 Å². The van der Waals surface area contributed by atoms with Crippen LogP contribution < -0.4 is 15.0 Å². The highest BCUT2D eigenvalue weighted by Gasteiger charge is 2.72. The monoisotopic (exact) mass is 1060 g/mol. The van der Waals surface area contributed by atoms with Crippen molar-refractivity contribution in [1.82, 2.24) is 39.3 Å². The summed E-state index contributed by atoms with van der Waals surface area (Å²) in [5.41, 5.74) is -0.483.